The van der Waals surface area contributed by atoms with Gasteiger partial charge >= 0.3 is 11.4 Å². The molecule has 0 bridgehead atoms. The highest BCUT2D eigenvalue weighted by Crippen LogP contribution is 2.40. The van der Waals surface area contributed by atoms with Gasteiger partial charge in [-0.25, -0.2) is 0 Å². The molecule has 0 saturated carbocycles. The fourth-order valence-corrected chi connectivity index (χ4v) is 1.34. The monoisotopic (exact) mass is 258 g/mol. The molecule has 90 valence electrons. The average molecular weight is 259 g/mol. The molecule has 0 fully saturated rings. The smallest absolute Gasteiger partial charge is 0.310 e. The lowest BCUT2D eigenvalue weighted by atomic mass is 10.2. The molecule has 8 heteroatoms. The lowest BCUT2D eigenvalue weighted by molar-refractivity contribution is -0.125. The minimum Gasteiger partial charge on any atom is -0.310 e. The maximum atomic E-state index is 13.4. The summed E-state index contributed by atoms with van der Waals surface area (Å²) >= 11 is 4.61. The van der Waals surface area contributed by atoms with E-state index in [9.17, 15) is 22.4 Å². The van der Waals surface area contributed by atoms with E-state index in [0.717, 1.165) is 6.08 Å². The van der Waals surface area contributed by atoms with E-state index in [0.29, 0.717) is 0 Å². The Balaban J connectivity index is 3.17. The first-order valence-corrected chi connectivity index (χ1v) is 4.43. The molecule has 1 heterocycles. The van der Waals surface area contributed by atoms with Crippen LogP contribution in [0.25, 0.3) is 0 Å². The molecular weight excluding hydrogens is 252 g/mol. The van der Waals surface area contributed by atoms with Crippen molar-refractivity contribution >= 4 is 17.9 Å². The molecule has 0 amide bonds. The molecule has 0 aromatic rings. The van der Waals surface area contributed by atoms with E-state index in [1.165, 1.54) is 0 Å². The van der Waals surface area contributed by atoms with Crippen LogP contribution in [0.15, 0.2) is 23.9 Å². The second kappa shape index (κ2) is 4.06. The topological polar surface area (TPSA) is 32.3 Å². The van der Waals surface area contributed by atoms with Crippen molar-refractivity contribution in [1.82, 2.24) is 10.4 Å². The largest absolute Gasteiger partial charge is 0.364 e. The van der Waals surface area contributed by atoms with Crippen molar-refractivity contribution in [3.05, 3.63) is 23.9 Å². The van der Waals surface area contributed by atoms with Crippen molar-refractivity contribution in [1.29, 1.82) is 0 Å². The quantitative estimate of drug-likeness (QED) is 0.275. The Morgan fingerprint density at radius 2 is 2.12 bits per heavy atom. The second-order valence-electron chi connectivity index (χ2n) is 2.96. The fourth-order valence-electron chi connectivity index (χ4n) is 1.20. The molecule has 3 nitrogen and oxygen atoms in total. The first-order chi connectivity index (χ1) is 7.25. The maximum absolute atomic E-state index is 13.4. The highest BCUT2D eigenvalue weighted by molar-refractivity contribution is 6.23. The lowest BCUT2D eigenvalue weighted by Crippen LogP contribution is -2.45. The van der Waals surface area contributed by atoms with E-state index in [2.05, 4.69) is 18.2 Å². The number of nitrogens with zero attached hydrogens (tertiary/aromatic N) is 1. The molecule has 0 aliphatic carbocycles. The predicted octanol–water partition coefficient (Wildman–Crippen LogP) is 1.87. The number of alkyl halides is 5. The van der Waals surface area contributed by atoms with E-state index in [4.69, 9.17) is 0 Å². The highest BCUT2D eigenvalue weighted by atomic mass is 35.5. The van der Waals surface area contributed by atoms with Crippen LogP contribution in [0, 0.1) is 0 Å². The van der Waals surface area contributed by atoms with Crippen LogP contribution in [-0.4, -0.2) is 29.3 Å². The number of aldehydes is 1. The summed E-state index contributed by atoms with van der Waals surface area (Å²) in [6, 6.07) is -3.84. The SMILES string of the molecule is C=CCN1NC(C(F)(F)Cl)=C(C=O)C1(F)F. The molecule has 0 unspecified atom stereocenters. The summed E-state index contributed by atoms with van der Waals surface area (Å²) in [4.78, 5) is 10.4. The third kappa shape index (κ3) is 2.05. The average Bonchev–Trinajstić information content (AvgIpc) is 2.38. The number of allylic oxidation sites excluding steroid dienone is 1. The highest BCUT2D eigenvalue weighted by Gasteiger charge is 2.54. The molecule has 1 N–H and O–H groups in total. The van der Waals surface area contributed by atoms with Crippen molar-refractivity contribution in [3.63, 3.8) is 0 Å². The Morgan fingerprint density at radius 1 is 1.56 bits per heavy atom. The van der Waals surface area contributed by atoms with Crippen LogP contribution >= 0.6 is 11.6 Å². The van der Waals surface area contributed by atoms with Gasteiger partial charge in [0, 0.05) is 6.54 Å². The van der Waals surface area contributed by atoms with E-state index >= 15 is 0 Å². The van der Waals surface area contributed by atoms with E-state index in [-0.39, 0.29) is 11.3 Å². The molecule has 0 aromatic heterocycles. The minimum absolute atomic E-state index is 0.148. The third-order valence-corrected chi connectivity index (χ3v) is 2.08. The minimum atomic E-state index is -4.06. The van der Waals surface area contributed by atoms with Crippen molar-refractivity contribution in [2.45, 2.75) is 11.4 Å². The Kier molecular flexibility index (Phi) is 3.30. The molecule has 0 radical (unpaired) electrons. The second-order valence-corrected chi connectivity index (χ2v) is 3.43. The summed E-state index contributed by atoms with van der Waals surface area (Å²) in [5.41, 5.74) is -0.988. The van der Waals surface area contributed by atoms with Crippen LogP contribution in [0.2, 0.25) is 0 Å². The van der Waals surface area contributed by atoms with Crippen LogP contribution in [0.4, 0.5) is 17.6 Å². The zero-order chi connectivity index (χ0) is 12.6. The molecule has 16 heavy (non-hydrogen) atoms. The van der Waals surface area contributed by atoms with Gasteiger partial charge in [0.25, 0.3) is 0 Å². The predicted molar refractivity (Wildman–Crippen MR) is 48.9 cm³/mol. The molecule has 0 atom stereocenters. The molecule has 0 aromatic carbocycles. The van der Waals surface area contributed by atoms with Crippen LogP contribution in [0.1, 0.15) is 0 Å². The van der Waals surface area contributed by atoms with E-state index in [1.807, 2.05) is 0 Å². The fraction of sp³-hybridized carbons (Fsp3) is 0.375. The van der Waals surface area contributed by atoms with E-state index < -0.39 is 29.2 Å². The number of hydrogen-bond donors (Lipinski definition) is 1. The third-order valence-electron chi connectivity index (χ3n) is 1.89. The van der Waals surface area contributed by atoms with Gasteiger partial charge in [-0.2, -0.15) is 22.6 Å². The summed E-state index contributed by atoms with van der Waals surface area (Å²) in [5.74, 6) is 0. The van der Waals surface area contributed by atoms with Gasteiger partial charge in [-0.05, 0) is 11.6 Å². The molecule has 1 rings (SSSR count). The van der Waals surface area contributed by atoms with Gasteiger partial charge in [0.15, 0.2) is 6.29 Å². The molecule has 1 aliphatic heterocycles. The van der Waals surface area contributed by atoms with Gasteiger partial charge in [-0.1, -0.05) is 6.08 Å². The summed E-state index contributed by atoms with van der Waals surface area (Å²) in [5, 5.41) is -3.91. The Bertz CT molecular complexity index is 350. The number of halogens is 5. The van der Waals surface area contributed by atoms with Crippen molar-refractivity contribution in [2.75, 3.05) is 6.54 Å². The Morgan fingerprint density at radius 3 is 2.44 bits per heavy atom. The molecule has 0 saturated heterocycles. The van der Waals surface area contributed by atoms with Gasteiger partial charge in [0.05, 0.1) is 0 Å². The van der Waals surface area contributed by atoms with Gasteiger partial charge in [0.1, 0.15) is 11.3 Å². The summed E-state index contributed by atoms with van der Waals surface area (Å²) in [7, 11) is 0. The number of carbonyl (C=O) groups is 1. The Labute approximate surface area is 93.3 Å². The maximum Gasteiger partial charge on any atom is 0.364 e. The van der Waals surface area contributed by atoms with Gasteiger partial charge in [0.2, 0.25) is 0 Å². The van der Waals surface area contributed by atoms with Gasteiger partial charge in [-0.3, -0.25) is 4.79 Å². The van der Waals surface area contributed by atoms with Crippen LogP contribution in [0.3, 0.4) is 0 Å². The van der Waals surface area contributed by atoms with Gasteiger partial charge < -0.3 is 5.43 Å². The normalized spacial score (nSPS) is 20.8. The summed E-state index contributed by atoms with van der Waals surface area (Å²) < 4.78 is 52.2. The first-order valence-electron chi connectivity index (χ1n) is 4.05. The van der Waals surface area contributed by atoms with Crippen molar-refractivity contribution in [2.24, 2.45) is 0 Å². The number of carbonyl (C=O) groups excluding carboxylic acids is 1. The van der Waals surface area contributed by atoms with Crippen LogP contribution in [0.5, 0.6) is 0 Å². The number of hydrogen-bond acceptors (Lipinski definition) is 3. The van der Waals surface area contributed by atoms with Crippen LogP contribution < -0.4 is 5.43 Å². The zero-order valence-electron chi connectivity index (χ0n) is 7.81. The lowest BCUT2D eigenvalue weighted by Gasteiger charge is -2.23. The first kappa shape index (κ1) is 13.0. The summed E-state index contributed by atoms with van der Waals surface area (Å²) in [6.45, 7) is 2.76. The number of hydrazine groups is 1. The zero-order valence-corrected chi connectivity index (χ0v) is 8.57. The Hall–Kier alpha value is -1.08. The number of rotatable bonds is 4. The van der Waals surface area contributed by atoms with Crippen molar-refractivity contribution < 1.29 is 22.4 Å². The summed E-state index contributed by atoms with van der Waals surface area (Å²) in [6.07, 6.45) is 0.723. The van der Waals surface area contributed by atoms with Crippen molar-refractivity contribution in [3.8, 4) is 0 Å². The van der Waals surface area contributed by atoms with Crippen LogP contribution in [-0.2, 0) is 4.79 Å². The van der Waals surface area contributed by atoms with Gasteiger partial charge in [-0.15, -0.1) is 6.58 Å². The molecule has 0 spiro atoms. The van der Waals surface area contributed by atoms with E-state index in [1.54, 1.807) is 5.43 Å². The number of nitrogens with one attached hydrogen (secondary N) is 1. The standard InChI is InChI=1S/C8H7ClF4N2O/c1-2-3-15-8(12,13)5(4-16)6(14-15)7(9,10)11/h2,4,14H,1,3H2. The molecule has 1 aliphatic rings. The molecular formula is C8H7ClF4N2O.